The summed E-state index contributed by atoms with van der Waals surface area (Å²) in [4.78, 5) is 10.6. The molecule has 0 aromatic heterocycles. The summed E-state index contributed by atoms with van der Waals surface area (Å²) in [5.41, 5.74) is 1.18. The van der Waals surface area contributed by atoms with Crippen molar-refractivity contribution in [1.29, 1.82) is 0 Å². The van der Waals surface area contributed by atoms with Crippen LogP contribution in [0.25, 0.3) is 0 Å². The third-order valence-electron chi connectivity index (χ3n) is 3.12. The molecule has 1 aliphatic carbocycles. The van der Waals surface area contributed by atoms with E-state index in [9.17, 15) is 4.79 Å². The molecule has 2 bridgehead atoms. The zero-order valence-electron chi connectivity index (χ0n) is 7.62. The summed E-state index contributed by atoms with van der Waals surface area (Å²) < 4.78 is 0. The third kappa shape index (κ3) is 1.75. The Morgan fingerprint density at radius 2 is 2.00 bits per heavy atom. The molecule has 0 aromatic rings. The Morgan fingerprint density at radius 3 is 2.54 bits per heavy atom. The second kappa shape index (κ2) is 3.50. The van der Waals surface area contributed by atoms with Gasteiger partial charge in [0.05, 0.1) is 0 Å². The predicted octanol–water partition coefficient (Wildman–Crippen LogP) is 1.02. The van der Waals surface area contributed by atoms with Crippen molar-refractivity contribution in [3.8, 4) is 0 Å². The zero-order chi connectivity index (χ0) is 9.26. The molecule has 0 spiro atoms. The van der Waals surface area contributed by atoms with Gasteiger partial charge in [-0.1, -0.05) is 12.0 Å². The molecule has 2 unspecified atom stereocenters. The van der Waals surface area contributed by atoms with Crippen LogP contribution in [0.3, 0.4) is 0 Å². The second-order valence-corrected chi connectivity index (χ2v) is 3.97. The highest BCUT2D eigenvalue weighted by Gasteiger charge is 2.31. The van der Waals surface area contributed by atoms with Crippen molar-refractivity contribution >= 4 is 5.97 Å². The Hall–Kier alpha value is -0.830. The Balaban J connectivity index is 2.20. The van der Waals surface area contributed by atoms with Gasteiger partial charge in [-0.2, -0.15) is 0 Å². The van der Waals surface area contributed by atoms with Crippen LogP contribution in [0.15, 0.2) is 11.6 Å². The smallest absolute Gasteiger partial charge is 0.328 e. The molecule has 1 aliphatic heterocycles. The van der Waals surface area contributed by atoms with Crippen LogP contribution in [0.4, 0.5) is 0 Å². The summed E-state index contributed by atoms with van der Waals surface area (Å²) in [5, 5.41) is 12.1. The van der Waals surface area contributed by atoms with E-state index in [4.69, 9.17) is 5.11 Å². The minimum Gasteiger partial charge on any atom is -0.478 e. The molecular formula is C10H15NO2. The van der Waals surface area contributed by atoms with E-state index in [2.05, 4.69) is 5.32 Å². The number of carboxylic acids is 1. The molecule has 2 N–H and O–H groups in total. The number of hydrogen-bond donors (Lipinski definition) is 2. The van der Waals surface area contributed by atoms with Crippen LogP contribution in [-0.4, -0.2) is 24.2 Å². The molecule has 1 saturated heterocycles. The van der Waals surface area contributed by atoms with Gasteiger partial charge in [-0.05, 0) is 24.7 Å². The van der Waals surface area contributed by atoms with Crippen molar-refractivity contribution in [3.63, 3.8) is 0 Å². The van der Waals surface area contributed by atoms with E-state index in [0.29, 0.717) is 11.8 Å². The van der Waals surface area contributed by atoms with Crippen LogP contribution >= 0.6 is 0 Å². The molecule has 2 fully saturated rings. The largest absolute Gasteiger partial charge is 0.478 e. The number of hydrogen-bond acceptors (Lipinski definition) is 2. The first-order chi connectivity index (χ1) is 6.27. The van der Waals surface area contributed by atoms with Gasteiger partial charge in [0.2, 0.25) is 0 Å². The molecule has 0 amide bonds. The molecule has 72 valence electrons. The number of aliphatic carboxylic acids is 1. The summed E-state index contributed by atoms with van der Waals surface area (Å²) in [6, 6.07) is 0. The average Bonchev–Trinajstić information content (AvgIpc) is 2.02. The van der Waals surface area contributed by atoms with Gasteiger partial charge < -0.3 is 10.4 Å². The zero-order valence-corrected chi connectivity index (χ0v) is 7.62. The van der Waals surface area contributed by atoms with E-state index >= 15 is 0 Å². The van der Waals surface area contributed by atoms with E-state index in [0.717, 1.165) is 25.9 Å². The van der Waals surface area contributed by atoms with Crippen LogP contribution in [0.2, 0.25) is 0 Å². The Labute approximate surface area is 77.8 Å². The molecule has 3 heteroatoms. The Morgan fingerprint density at radius 1 is 1.38 bits per heavy atom. The van der Waals surface area contributed by atoms with Crippen LogP contribution in [-0.2, 0) is 4.79 Å². The van der Waals surface area contributed by atoms with Crippen LogP contribution in [0.1, 0.15) is 19.3 Å². The highest BCUT2D eigenvalue weighted by Crippen LogP contribution is 2.36. The number of fused-ring (bicyclic) bond motifs is 2. The van der Waals surface area contributed by atoms with Crippen LogP contribution in [0.5, 0.6) is 0 Å². The van der Waals surface area contributed by atoms with E-state index in [1.807, 2.05) is 0 Å². The summed E-state index contributed by atoms with van der Waals surface area (Å²) in [6.07, 6.45) is 5.01. The Kier molecular flexibility index (Phi) is 2.36. The maximum absolute atomic E-state index is 10.6. The van der Waals surface area contributed by atoms with Crippen molar-refractivity contribution in [1.82, 2.24) is 5.32 Å². The average molecular weight is 181 g/mol. The molecule has 2 rings (SSSR count). The van der Waals surface area contributed by atoms with Gasteiger partial charge in [-0.15, -0.1) is 0 Å². The van der Waals surface area contributed by atoms with Gasteiger partial charge in [0, 0.05) is 19.2 Å². The molecule has 0 radical (unpaired) electrons. The molecule has 2 atom stereocenters. The van der Waals surface area contributed by atoms with Crippen molar-refractivity contribution in [3.05, 3.63) is 11.6 Å². The summed E-state index contributed by atoms with van der Waals surface area (Å²) in [7, 11) is 0. The van der Waals surface area contributed by atoms with Crippen molar-refractivity contribution in [2.24, 2.45) is 11.8 Å². The van der Waals surface area contributed by atoms with Gasteiger partial charge >= 0.3 is 5.97 Å². The molecule has 1 heterocycles. The molecule has 1 saturated carbocycles. The molecule has 0 aromatic carbocycles. The van der Waals surface area contributed by atoms with E-state index in [1.165, 1.54) is 18.1 Å². The number of nitrogens with one attached hydrogen (secondary N) is 1. The van der Waals surface area contributed by atoms with Crippen molar-refractivity contribution in [2.45, 2.75) is 19.3 Å². The first-order valence-corrected chi connectivity index (χ1v) is 4.92. The van der Waals surface area contributed by atoms with Crippen LogP contribution < -0.4 is 5.32 Å². The lowest BCUT2D eigenvalue weighted by Gasteiger charge is -2.37. The molecular weight excluding hydrogens is 166 g/mol. The van der Waals surface area contributed by atoms with Gasteiger partial charge in [0.15, 0.2) is 0 Å². The minimum absolute atomic E-state index is 0.489. The quantitative estimate of drug-likeness (QED) is 0.594. The fourth-order valence-corrected chi connectivity index (χ4v) is 2.53. The topological polar surface area (TPSA) is 49.3 Å². The first kappa shape index (κ1) is 8.75. The summed E-state index contributed by atoms with van der Waals surface area (Å²) >= 11 is 0. The first-order valence-electron chi connectivity index (χ1n) is 4.92. The SMILES string of the molecule is O=C(O)C=C1C2CCCC1CNC2. The molecule has 13 heavy (non-hydrogen) atoms. The summed E-state index contributed by atoms with van der Waals surface area (Å²) in [6.45, 7) is 1.94. The number of carboxylic acid groups (broad SMARTS) is 1. The lowest BCUT2D eigenvalue weighted by molar-refractivity contribution is -0.131. The van der Waals surface area contributed by atoms with Gasteiger partial charge in [-0.3, -0.25) is 0 Å². The van der Waals surface area contributed by atoms with Gasteiger partial charge in [0.25, 0.3) is 0 Å². The van der Waals surface area contributed by atoms with Crippen LogP contribution in [0, 0.1) is 11.8 Å². The van der Waals surface area contributed by atoms with Crippen molar-refractivity contribution < 1.29 is 9.90 Å². The second-order valence-electron chi connectivity index (χ2n) is 3.97. The highest BCUT2D eigenvalue weighted by molar-refractivity contribution is 5.81. The molecule has 3 nitrogen and oxygen atoms in total. The third-order valence-corrected chi connectivity index (χ3v) is 3.12. The monoisotopic (exact) mass is 181 g/mol. The van der Waals surface area contributed by atoms with E-state index < -0.39 is 5.97 Å². The fourth-order valence-electron chi connectivity index (χ4n) is 2.53. The van der Waals surface area contributed by atoms with Crippen molar-refractivity contribution in [2.75, 3.05) is 13.1 Å². The summed E-state index contributed by atoms with van der Waals surface area (Å²) in [5.74, 6) is 0.195. The minimum atomic E-state index is -0.784. The number of carbonyl (C=O) groups is 1. The predicted molar refractivity (Wildman–Crippen MR) is 49.4 cm³/mol. The Bertz CT molecular complexity index is 223. The number of rotatable bonds is 1. The highest BCUT2D eigenvalue weighted by atomic mass is 16.4. The van der Waals surface area contributed by atoms with Gasteiger partial charge in [-0.25, -0.2) is 4.79 Å². The normalized spacial score (nSPS) is 32.8. The van der Waals surface area contributed by atoms with E-state index in [1.54, 1.807) is 0 Å². The lowest BCUT2D eigenvalue weighted by atomic mass is 9.74. The maximum atomic E-state index is 10.6. The maximum Gasteiger partial charge on any atom is 0.328 e. The van der Waals surface area contributed by atoms with E-state index in [-0.39, 0.29) is 0 Å². The van der Waals surface area contributed by atoms with Gasteiger partial charge in [0.1, 0.15) is 0 Å². The number of piperidine rings is 1. The lowest BCUT2D eigenvalue weighted by Crippen LogP contribution is -2.41. The standard InChI is InChI=1S/C10H15NO2/c12-10(13)4-9-7-2-1-3-8(9)6-11-5-7/h4,7-8,11H,1-3,5-6H2,(H,12,13). The fraction of sp³-hybridized carbons (Fsp3) is 0.700. The molecule has 2 aliphatic rings.